The van der Waals surface area contributed by atoms with E-state index in [0.717, 1.165) is 36.9 Å². The Kier molecular flexibility index (Phi) is 4.23. The maximum Gasteiger partial charge on any atom is 0.371 e. The van der Waals surface area contributed by atoms with E-state index < -0.39 is 5.97 Å². The van der Waals surface area contributed by atoms with Crippen LogP contribution in [-0.4, -0.2) is 29.1 Å². The van der Waals surface area contributed by atoms with Crippen molar-refractivity contribution in [3.63, 3.8) is 0 Å². The highest BCUT2D eigenvalue weighted by Gasteiger charge is 2.29. The van der Waals surface area contributed by atoms with Crippen molar-refractivity contribution < 1.29 is 14.3 Å². The molecular weight excluding hydrogens is 254 g/mol. The standard InChI is InChI=1S/C16H25NO3/c1-11-12(9-14(20-11)15(18)19)10-17-7-5-13(6-8-17)16(2,3)4/h9,13H,5-8,10H2,1-4H3,(H,18,19). The summed E-state index contributed by atoms with van der Waals surface area (Å²) in [6.07, 6.45) is 2.43. The van der Waals surface area contributed by atoms with Crippen LogP contribution in [0, 0.1) is 18.3 Å². The fraction of sp³-hybridized carbons (Fsp3) is 0.688. The minimum atomic E-state index is -0.995. The summed E-state index contributed by atoms with van der Waals surface area (Å²) in [4.78, 5) is 13.3. The highest BCUT2D eigenvalue weighted by molar-refractivity contribution is 5.84. The summed E-state index contributed by atoms with van der Waals surface area (Å²) < 4.78 is 5.27. The lowest BCUT2D eigenvalue weighted by atomic mass is 9.75. The minimum absolute atomic E-state index is 0.0436. The van der Waals surface area contributed by atoms with Crippen LogP contribution >= 0.6 is 0 Å². The molecule has 0 saturated carbocycles. The quantitative estimate of drug-likeness (QED) is 0.919. The van der Waals surface area contributed by atoms with E-state index in [2.05, 4.69) is 25.7 Å². The van der Waals surface area contributed by atoms with Crippen LogP contribution in [-0.2, 0) is 6.54 Å². The smallest absolute Gasteiger partial charge is 0.371 e. The first kappa shape index (κ1) is 15.1. The maximum atomic E-state index is 10.9. The molecule has 0 aromatic carbocycles. The predicted octanol–water partition coefficient (Wildman–Crippen LogP) is 3.54. The lowest BCUT2D eigenvalue weighted by Crippen LogP contribution is -2.37. The molecule has 1 aliphatic heterocycles. The van der Waals surface area contributed by atoms with Crippen molar-refractivity contribution in [3.05, 3.63) is 23.2 Å². The molecule has 1 aromatic heterocycles. The van der Waals surface area contributed by atoms with Gasteiger partial charge in [-0.25, -0.2) is 4.79 Å². The molecule has 4 nitrogen and oxygen atoms in total. The van der Waals surface area contributed by atoms with Crippen LogP contribution in [0.5, 0.6) is 0 Å². The molecule has 0 spiro atoms. The average Bonchev–Trinajstić information content (AvgIpc) is 2.71. The molecule has 4 heteroatoms. The minimum Gasteiger partial charge on any atom is -0.475 e. The molecule has 1 fully saturated rings. The van der Waals surface area contributed by atoms with Crippen molar-refractivity contribution in [1.82, 2.24) is 4.90 Å². The van der Waals surface area contributed by atoms with Crippen molar-refractivity contribution in [2.45, 2.75) is 47.1 Å². The van der Waals surface area contributed by atoms with Crippen LogP contribution < -0.4 is 0 Å². The van der Waals surface area contributed by atoms with Gasteiger partial charge in [-0.15, -0.1) is 0 Å². The van der Waals surface area contributed by atoms with Gasteiger partial charge in [0.05, 0.1) is 0 Å². The van der Waals surface area contributed by atoms with Gasteiger partial charge in [0.15, 0.2) is 0 Å². The van der Waals surface area contributed by atoms with E-state index in [1.54, 1.807) is 6.07 Å². The topological polar surface area (TPSA) is 53.7 Å². The normalized spacial score (nSPS) is 18.4. The number of piperidine rings is 1. The molecule has 1 aromatic rings. The van der Waals surface area contributed by atoms with Crippen LogP contribution in [0.2, 0.25) is 0 Å². The number of furan rings is 1. The zero-order valence-corrected chi connectivity index (χ0v) is 12.9. The fourth-order valence-electron chi connectivity index (χ4n) is 2.98. The van der Waals surface area contributed by atoms with Gasteiger partial charge in [-0.2, -0.15) is 0 Å². The number of aromatic carboxylic acids is 1. The van der Waals surface area contributed by atoms with Gasteiger partial charge >= 0.3 is 5.97 Å². The van der Waals surface area contributed by atoms with Gasteiger partial charge < -0.3 is 9.52 Å². The van der Waals surface area contributed by atoms with E-state index in [4.69, 9.17) is 9.52 Å². The largest absolute Gasteiger partial charge is 0.475 e. The zero-order valence-electron chi connectivity index (χ0n) is 12.9. The number of carbonyl (C=O) groups is 1. The molecule has 0 radical (unpaired) electrons. The Bertz CT molecular complexity index is 476. The number of aryl methyl sites for hydroxylation is 1. The first-order valence-electron chi connectivity index (χ1n) is 7.32. The predicted molar refractivity (Wildman–Crippen MR) is 77.9 cm³/mol. The molecule has 2 rings (SSSR count). The summed E-state index contributed by atoms with van der Waals surface area (Å²) in [6, 6.07) is 1.66. The number of carboxylic acids is 1. The van der Waals surface area contributed by atoms with Crippen molar-refractivity contribution >= 4 is 5.97 Å². The summed E-state index contributed by atoms with van der Waals surface area (Å²) >= 11 is 0. The van der Waals surface area contributed by atoms with Crippen LogP contribution in [0.25, 0.3) is 0 Å². The molecule has 1 saturated heterocycles. The second kappa shape index (κ2) is 5.60. The zero-order chi connectivity index (χ0) is 14.9. The van der Waals surface area contributed by atoms with Crippen molar-refractivity contribution in [2.24, 2.45) is 11.3 Å². The number of nitrogens with zero attached hydrogens (tertiary/aromatic N) is 1. The molecule has 0 bridgehead atoms. The molecule has 2 heterocycles. The summed E-state index contributed by atoms with van der Waals surface area (Å²) in [7, 11) is 0. The number of hydrogen-bond acceptors (Lipinski definition) is 3. The SMILES string of the molecule is Cc1oc(C(=O)O)cc1CN1CCC(C(C)(C)C)CC1. The number of carboxylic acid groups (broad SMARTS) is 1. The van der Waals surface area contributed by atoms with E-state index in [9.17, 15) is 4.79 Å². The Labute approximate surface area is 120 Å². The first-order chi connectivity index (χ1) is 9.27. The maximum absolute atomic E-state index is 10.9. The van der Waals surface area contributed by atoms with E-state index in [1.165, 1.54) is 12.8 Å². The summed E-state index contributed by atoms with van der Waals surface area (Å²) in [5.74, 6) is 0.548. The van der Waals surface area contributed by atoms with Gasteiger partial charge in [0.25, 0.3) is 0 Å². The highest BCUT2D eigenvalue weighted by Crippen LogP contribution is 2.34. The summed E-state index contributed by atoms with van der Waals surface area (Å²) in [5, 5.41) is 8.95. The number of hydrogen-bond donors (Lipinski definition) is 1. The van der Waals surface area contributed by atoms with Gasteiger partial charge in [0.2, 0.25) is 5.76 Å². The monoisotopic (exact) mass is 279 g/mol. The number of likely N-dealkylation sites (tertiary alicyclic amines) is 1. The molecule has 0 unspecified atom stereocenters. The van der Waals surface area contributed by atoms with E-state index in [0.29, 0.717) is 5.41 Å². The summed E-state index contributed by atoms with van der Waals surface area (Å²) in [5.41, 5.74) is 1.38. The fourth-order valence-corrected chi connectivity index (χ4v) is 2.98. The van der Waals surface area contributed by atoms with Crippen LogP contribution in [0.15, 0.2) is 10.5 Å². The Balaban J connectivity index is 1.94. The van der Waals surface area contributed by atoms with Gasteiger partial charge in [-0.3, -0.25) is 4.90 Å². The average molecular weight is 279 g/mol. The molecule has 112 valence electrons. The van der Waals surface area contributed by atoms with Crippen molar-refractivity contribution in [2.75, 3.05) is 13.1 Å². The van der Waals surface area contributed by atoms with E-state index >= 15 is 0 Å². The third-order valence-corrected chi connectivity index (χ3v) is 4.44. The van der Waals surface area contributed by atoms with Crippen molar-refractivity contribution in [3.8, 4) is 0 Å². The third-order valence-electron chi connectivity index (χ3n) is 4.44. The molecule has 1 aliphatic rings. The molecule has 0 amide bonds. The van der Waals surface area contributed by atoms with Gasteiger partial charge in [0, 0.05) is 12.1 Å². The van der Waals surface area contributed by atoms with Gasteiger partial charge in [-0.1, -0.05) is 20.8 Å². The van der Waals surface area contributed by atoms with E-state index in [1.807, 2.05) is 6.92 Å². The number of rotatable bonds is 3. The van der Waals surface area contributed by atoms with Crippen LogP contribution in [0.4, 0.5) is 0 Å². The van der Waals surface area contributed by atoms with Gasteiger partial charge in [-0.05, 0) is 50.3 Å². The highest BCUT2D eigenvalue weighted by atomic mass is 16.4. The third kappa shape index (κ3) is 3.42. The Morgan fingerprint density at radius 2 is 2.00 bits per heavy atom. The Hall–Kier alpha value is -1.29. The van der Waals surface area contributed by atoms with Crippen LogP contribution in [0.1, 0.15) is 55.5 Å². The van der Waals surface area contributed by atoms with Gasteiger partial charge in [0.1, 0.15) is 5.76 Å². The van der Waals surface area contributed by atoms with Crippen molar-refractivity contribution in [1.29, 1.82) is 0 Å². The Morgan fingerprint density at radius 3 is 2.45 bits per heavy atom. The molecule has 0 aliphatic carbocycles. The molecule has 20 heavy (non-hydrogen) atoms. The Morgan fingerprint density at radius 1 is 1.40 bits per heavy atom. The second-order valence-electron chi connectivity index (χ2n) is 6.91. The first-order valence-corrected chi connectivity index (χ1v) is 7.32. The van der Waals surface area contributed by atoms with E-state index in [-0.39, 0.29) is 5.76 Å². The lowest BCUT2D eigenvalue weighted by Gasteiger charge is -2.38. The molecule has 0 atom stereocenters. The lowest BCUT2D eigenvalue weighted by molar-refractivity contribution is 0.0661. The summed E-state index contributed by atoms with van der Waals surface area (Å²) in [6.45, 7) is 11.7. The molecule has 1 N–H and O–H groups in total. The second-order valence-corrected chi connectivity index (χ2v) is 6.91. The van der Waals surface area contributed by atoms with Crippen LogP contribution in [0.3, 0.4) is 0 Å². The molecular formula is C16H25NO3.